The van der Waals surface area contributed by atoms with Crippen LogP contribution in [0.1, 0.15) is 36.2 Å². The van der Waals surface area contributed by atoms with E-state index in [1.165, 1.54) is 23.4 Å². The van der Waals surface area contributed by atoms with E-state index < -0.39 is 5.60 Å². The summed E-state index contributed by atoms with van der Waals surface area (Å²) in [5.41, 5.74) is 2.56. The zero-order chi connectivity index (χ0) is 24.0. The SMILES string of the molecule is Cc1cc(C)n(CCCOc2cccc(CN3CCC(O)(COc4ccc(F)cc4)CC3)c2)n1. The van der Waals surface area contributed by atoms with Gasteiger partial charge in [0.05, 0.1) is 12.3 Å². The maximum Gasteiger partial charge on any atom is 0.123 e. The largest absolute Gasteiger partial charge is 0.494 e. The van der Waals surface area contributed by atoms with Crippen LogP contribution in [0.2, 0.25) is 0 Å². The van der Waals surface area contributed by atoms with Crippen molar-refractivity contribution in [2.45, 2.75) is 51.8 Å². The maximum absolute atomic E-state index is 13.0. The second kappa shape index (κ2) is 11.0. The van der Waals surface area contributed by atoms with Crippen LogP contribution < -0.4 is 9.47 Å². The van der Waals surface area contributed by atoms with E-state index >= 15 is 0 Å². The molecule has 0 aliphatic carbocycles. The van der Waals surface area contributed by atoms with Crippen molar-refractivity contribution in [3.05, 3.63) is 77.4 Å². The molecule has 7 heteroatoms. The predicted molar refractivity (Wildman–Crippen MR) is 130 cm³/mol. The molecule has 1 fully saturated rings. The first-order valence-electron chi connectivity index (χ1n) is 11.9. The van der Waals surface area contributed by atoms with Gasteiger partial charge in [-0.3, -0.25) is 9.58 Å². The first-order valence-corrected chi connectivity index (χ1v) is 11.9. The monoisotopic (exact) mass is 467 g/mol. The molecule has 0 atom stereocenters. The van der Waals surface area contributed by atoms with Gasteiger partial charge in [0.15, 0.2) is 0 Å². The number of aromatic nitrogens is 2. The Hall–Kier alpha value is -2.90. The number of aryl methyl sites for hydroxylation is 3. The van der Waals surface area contributed by atoms with Crippen molar-refractivity contribution in [3.8, 4) is 11.5 Å². The Kier molecular flexibility index (Phi) is 7.85. The molecule has 34 heavy (non-hydrogen) atoms. The van der Waals surface area contributed by atoms with E-state index in [-0.39, 0.29) is 12.4 Å². The number of ether oxygens (including phenoxy) is 2. The van der Waals surface area contributed by atoms with E-state index in [4.69, 9.17) is 9.47 Å². The molecule has 0 amide bonds. The van der Waals surface area contributed by atoms with E-state index in [1.54, 1.807) is 12.1 Å². The molecule has 1 aliphatic rings. The zero-order valence-corrected chi connectivity index (χ0v) is 20.0. The molecule has 2 heterocycles. The fraction of sp³-hybridized carbons (Fsp3) is 0.444. The molecule has 6 nitrogen and oxygen atoms in total. The van der Waals surface area contributed by atoms with Crippen LogP contribution in [0.4, 0.5) is 4.39 Å². The van der Waals surface area contributed by atoms with E-state index in [0.29, 0.717) is 25.2 Å². The number of hydrogen-bond acceptors (Lipinski definition) is 5. The van der Waals surface area contributed by atoms with Crippen molar-refractivity contribution < 1.29 is 19.0 Å². The molecule has 1 aliphatic heterocycles. The van der Waals surface area contributed by atoms with Crippen LogP contribution in [-0.4, -0.2) is 51.7 Å². The van der Waals surface area contributed by atoms with Gasteiger partial charge in [0.1, 0.15) is 29.5 Å². The topological polar surface area (TPSA) is 59.8 Å². The second-order valence-electron chi connectivity index (χ2n) is 9.24. The predicted octanol–water partition coefficient (Wildman–Crippen LogP) is 4.51. The third kappa shape index (κ3) is 6.81. The van der Waals surface area contributed by atoms with E-state index in [1.807, 2.05) is 23.7 Å². The van der Waals surface area contributed by atoms with E-state index in [0.717, 1.165) is 44.0 Å². The number of benzene rings is 2. The third-order valence-corrected chi connectivity index (χ3v) is 6.30. The summed E-state index contributed by atoms with van der Waals surface area (Å²) in [6.45, 7) is 8.19. The van der Waals surface area contributed by atoms with Gasteiger partial charge in [-0.05, 0) is 74.7 Å². The van der Waals surface area contributed by atoms with Crippen LogP contribution in [-0.2, 0) is 13.1 Å². The molecule has 2 aromatic carbocycles. The summed E-state index contributed by atoms with van der Waals surface area (Å²) in [7, 11) is 0. The number of hydrogen-bond donors (Lipinski definition) is 1. The van der Waals surface area contributed by atoms with E-state index in [9.17, 15) is 9.50 Å². The lowest BCUT2D eigenvalue weighted by Crippen LogP contribution is -2.47. The number of nitrogens with zero attached hydrogens (tertiary/aromatic N) is 3. The van der Waals surface area contributed by atoms with Crippen LogP contribution in [0.25, 0.3) is 0 Å². The summed E-state index contributed by atoms with van der Waals surface area (Å²) in [5.74, 6) is 1.16. The molecule has 1 aromatic heterocycles. The molecule has 1 N–H and O–H groups in total. The Morgan fingerprint density at radius 3 is 2.47 bits per heavy atom. The Balaban J connectivity index is 1.19. The van der Waals surface area contributed by atoms with Crippen molar-refractivity contribution in [2.75, 3.05) is 26.3 Å². The molecule has 3 aromatic rings. The summed E-state index contributed by atoms with van der Waals surface area (Å²) in [6.07, 6.45) is 2.17. The highest BCUT2D eigenvalue weighted by Gasteiger charge is 2.33. The van der Waals surface area contributed by atoms with Gasteiger partial charge in [-0.2, -0.15) is 5.10 Å². The molecule has 0 saturated carbocycles. The van der Waals surface area contributed by atoms with Gasteiger partial charge in [0.25, 0.3) is 0 Å². The van der Waals surface area contributed by atoms with Gasteiger partial charge in [-0.15, -0.1) is 0 Å². The molecule has 0 bridgehead atoms. The fourth-order valence-corrected chi connectivity index (χ4v) is 4.32. The zero-order valence-electron chi connectivity index (χ0n) is 20.0. The number of halogens is 1. The first-order chi connectivity index (χ1) is 16.4. The molecule has 0 spiro atoms. The van der Waals surface area contributed by atoms with Gasteiger partial charge >= 0.3 is 0 Å². The lowest BCUT2D eigenvalue weighted by Gasteiger charge is -2.38. The summed E-state index contributed by atoms with van der Waals surface area (Å²) in [4.78, 5) is 2.34. The van der Waals surface area contributed by atoms with Crippen molar-refractivity contribution in [2.24, 2.45) is 0 Å². The number of piperidine rings is 1. The normalized spacial score (nSPS) is 15.9. The highest BCUT2D eigenvalue weighted by atomic mass is 19.1. The number of rotatable bonds is 10. The lowest BCUT2D eigenvalue weighted by atomic mass is 9.92. The molecular formula is C27H34FN3O3. The van der Waals surface area contributed by atoms with Crippen LogP contribution in [0, 0.1) is 19.7 Å². The van der Waals surface area contributed by atoms with Crippen LogP contribution in [0.5, 0.6) is 11.5 Å². The number of aliphatic hydroxyl groups is 1. The molecule has 1 saturated heterocycles. The van der Waals surface area contributed by atoms with Crippen LogP contribution in [0.15, 0.2) is 54.6 Å². The van der Waals surface area contributed by atoms with Crippen molar-refractivity contribution in [1.82, 2.24) is 14.7 Å². The van der Waals surface area contributed by atoms with Gasteiger partial charge in [0, 0.05) is 38.3 Å². The highest BCUT2D eigenvalue weighted by Crippen LogP contribution is 2.25. The Bertz CT molecular complexity index is 1060. The van der Waals surface area contributed by atoms with Crippen molar-refractivity contribution in [3.63, 3.8) is 0 Å². The minimum atomic E-state index is -0.860. The van der Waals surface area contributed by atoms with Gasteiger partial charge < -0.3 is 14.6 Å². The van der Waals surface area contributed by atoms with Crippen molar-refractivity contribution >= 4 is 0 Å². The average molecular weight is 468 g/mol. The standard InChI is InChI=1S/C27H34FN3O3/c1-21-17-22(2)31(29-21)13-4-16-33-26-6-3-5-23(18-26)19-30-14-11-27(32,12-15-30)20-34-25-9-7-24(28)8-10-25/h3,5-10,17-18,32H,4,11-16,19-20H2,1-2H3. The van der Waals surface area contributed by atoms with Crippen molar-refractivity contribution in [1.29, 1.82) is 0 Å². The number of likely N-dealkylation sites (tertiary alicyclic amines) is 1. The Labute approximate surface area is 200 Å². The minimum absolute atomic E-state index is 0.216. The van der Waals surface area contributed by atoms with E-state index in [2.05, 4.69) is 35.1 Å². The second-order valence-corrected chi connectivity index (χ2v) is 9.24. The molecular weight excluding hydrogens is 433 g/mol. The van der Waals surface area contributed by atoms with Gasteiger partial charge in [-0.25, -0.2) is 4.39 Å². The smallest absolute Gasteiger partial charge is 0.123 e. The fourth-order valence-electron chi connectivity index (χ4n) is 4.32. The Morgan fingerprint density at radius 1 is 1.00 bits per heavy atom. The summed E-state index contributed by atoms with van der Waals surface area (Å²) in [5, 5.41) is 15.4. The van der Waals surface area contributed by atoms with Crippen LogP contribution in [0.3, 0.4) is 0 Å². The van der Waals surface area contributed by atoms with Gasteiger partial charge in [-0.1, -0.05) is 12.1 Å². The summed E-state index contributed by atoms with van der Waals surface area (Å²) in [6, 6.07) is 16.2. The summed E-state index contributed by atoms with van der Waals surface area (Å²) < 4.78 is 26.7. The van der Waals surface area contributed by atoms with Crippen LogP contribution >= 0.6 is 0 Å². The molecule has 0 radical (unpaired) electrons. The maximum atomic E-state index is 13.0. The van der Waals surface area contributed by atoms with Gasteiger partial charge in [0.2, 0.25) is 0 Å². The molecule has 182 valence electrons. The molecule has 0 unspecified atom stereocenters. The quantitative estimate of drug-likeness (QED) is 0.445. The lowest BCUT2D eigenvalue weighted by molar-refractivity contribution is -0.0537. The highest BCUT2D eigenvalue weighted by molar-refractivity contribution is 5.28. The average Bonchev–Trinajstić information content (AvgIpc) is 3.15. The minimum Gasteiger partial charge on any atom is -0.494 e. The third-order valence-electron chi connectivity index (χ3n) is 6.30. The summed E-state index contributed by atoms with van der Waals surface area (Å²) >= 11 is 0. The molecule has 4 rings (SSSR count). The first kappa shape index (κ1) is 24.2. The Morgan fingerprint density at radius 2 is 1.76 bits per heavy atom.